The highest BCUT2D eigenvalue weighted by molar-refractivity contribution is 5.95. The highest BCUT2D eigenvalue weighted by atomic mass is 16.7. The van der Waals surface area contributed by atoms with Crippen molar-refractivity contribution >= 4 is 5.91 Å². The first-order valence-electron chi connectivity index (χ1n) is 7.88. The van der Waals surface area contributed by atoms with Crippen LogP contribution >= 0.6 is 0 Å². The van der Waals surface area contributed by atoms with Crippen LogP contribution < -0.4 is 20.3 Å². The molecule has 4 rings (SSSR count). The minimum absolute atomic E-state index is 0.208. The van der Waals surface area contributed by atoms with E-state index in [0.29, 0.717) is 35.1 Å². The molecule has 2 N–H and O–H groups in total. The topological polar surface area (TPSA) is 111 Å². The molecule has 0 aliphatic carbocycles. The molecule has 9 heteroatoms. The summed E-state index contributed by atoms with van der Waals surface area (Å²) in [5.74, 6) is 1.45. The van der Waals surface area contributed by atoms with E-state index in [1.807, 2.05) is 18.2 Å². The highest BCUT2D eigenvalue weighted by Gasteiger charge is 2.17. The molecule has 0 unspecified atom stereocenters. The number of ether oxygens (including phenoxy) is 2. The van der Waals surface area contributed by atoms with Crippen LogP contribution in [0.4, 0.5) is 0 Å². The number of fused-ring (bicyclic) bond motifs is 1. The summed E-state index contributed by atoms with van der Waals surface area (Å²) in [6.07, 6.45) is 2.74. The van der Waals surface area contributed by atoms with E-state index in [9.17, 15) is 9.59 Å². The molecule has 0 spiro atoms. The Morgan fingerprint density at radius 1 is 1.31 bits per heavy atom. The van der Waals surface area contributed by atoms with Gasteiger partial charge in [0, 0.05) is 12.6 Å². The first-order valence-corrected chi connectivity index (χ1v) is 7.88. The molecular formula is C17H15N5O4. The second kappa shape index (κ2) is 6.36. The predicted octanol–water partition coefficient (Wildman–Crippen LogP) is 0.923. The maximum Gasteiger partial charge on any atom is 0.255 e. The predicted molar refractivity (Wildman–Crippen MR) is 90.5 cm³/mol. The van der Waals surface area contributed by atoms with E-state index >= 15 is 0 Å². The molecule has 1 amide bonds. The van der Waals surface area contributed by atoms with Crippen molar-refractivity contribution in [3.05, 3.63) is 64.0 Å². The summed E-state index contributed by atoms with van der Waals surface area (Å²) >= 11 is 0. The molecular weight excluding hydrogens is 338 g/mol. The second-order valence-electron chi connectivity index (χ2n) is 5.70. The number of carbonyl (C=O) groups excluding carboxylic acids is 1. The van der Waals surface area contributed by atoms with Gasteiger partial charge in [-0.3, -0.25) is 9.59 Å². The van der Waals surface area contributed by atoms with E-state index in [4.69, 9.17) is 9.47 Å². The van der Waals surface area contributed by atoms with Crippen LogP contribution in [0.5, 0.6) is 11.5 Å². The second-order valence-corrected chi connectivity index (χ2v) is 5.70. The molecule has 0 radical (unpaired) electrons. The van der Waals surface area contributed by atoms with E-state index in [1.165, 1.54) is 23.3 Å². The van der Waals surface area contributed by atoms with Crippen molar-refractivity contribution in [1.29, 1.82) is 0 Å². The van der Waals surface area contributed by atoms with E-state index in [1.54, 1.807) is 6.92 Å². The number of hydrogen-bond donors (Lipinski definition) is 2. The molecule has 1 aliphatic rings. The molecule has 1 aliphatic heterocycles. The smallest absolute Gasteiger partial charge is 0.255 e. The van der Waals surface area contributed by atoms with Gasteiger partial charge in [-0.2, -0.15) is 5.10 Å². The van der Waals surface area contributed by atoms with Crippen molar-refractivity contribution in [2.45, 2.75) is 13.5 Å². The van der Waals surface area contributed by atoms with Crippen molar-refractivity contribution in [2.75, 3.05) is 6.79 Å². The van der Waals surface area contributed by atoms with Crippen LogP contribution in [0.3, 0.4) is 0 Å². The van der Waals surface area contributed by atoms with Crippen LogP contribution in [0.2, 0.25) is 0 Å². The molecule has 2 aromatic heterocycles. The summed E-state index contributed by atoms with van der Waals surface area (Å²) in [7, 11) is 0. The van der Waals surface area contributed by atoms with Gasteiger partial charge in [-0.15, -0.1) is 0 Å². The van der Waals surface area contributed by atoms with Gasteiger partial charge >= 0.3 is 0 Å². The van der Waals surface area contributed by atoms with Gasteiger partial charge in [-0.05, 0) is 24.6 Å². The number of amides is 1. The summed E-state index contributed by atoms with van der Waals surface area (Å²) in [6.45, 7) is 2.29. The Hall–Kier alpha value is -3.62. The third-order valence-electron chi connectivity index (χ3n) is 4.03. The lowest BCUT2D eigenvalue weighted by molar-refractivity contribution is 0.0950. The Morgan fingerprint density at radius 2 is 2.15 bits per heavy atom. The largest absolute Gasteiger partial charge is 0.454 e. The highest BCUT2D eigenvalue weighted by Crippen LogP contribution is 2.32. The van der Waals surface area contributed by atoms with Crippen LogP contribution in [0.15, 0.2) is 41.6 Å². The van der Waals surface area contributed by atoms with Crippen molar-refractivity contribution in [2.24, 2.45) is 0 Å². The lowest BCUT2D eigenvalue weighted by Crippen LogP contribution is -2.23. The maximum absolute atomic E-state index is 12.5. The zero-order chi connectivity index (χ0) is 18.1. The zero-order valence-corrected chi connectivity index (χ0v) is 13.9. The molecule has 132 valence electrons. The number of benzene rings is 1. The van der Waals surface area contributed by atoms with Crippen LogP contribution in [0.1, 0.15) is 21.6 Å². The Balaban J connectivity index is 1.49. The van der Waals surface area contributed by atoms with Crippen LogP contribution in [0, 0.1) is 6.92 Å². The molecule has 1 aromatic carbocycles. The van der Waals surface area contributed by atoms with Gasteiger partial charge in [0.25, 0.3) is 11.5 Å². The maximum atomic E-state index is 12.5. The van der Waals surface area contributed by atoms with Crippen molar-refractivity contribution in [1.82, 2.24) is 25.1 Å². The first kappa shape index (κ1) is 15.9. The Kier molecular flexibility index (Phi) is 3.88. The molecule has 0 atom stereocenters. The minimum atomic E-state index is -0.293. The molecule has 3 aromatic rings. The van der Waals surface area contributed by atoms with Crippen molar-refractivity contribution < 1.29 is 14.3 Å². The number of aromatic nitrogens is 4. The lowest BCUT2D eigenvalue weighted by atomic mass is 10.2. The van der Waals surface area contributed by atoms with Gasteiger partial charge in [0.2, 0.25) is 6.79 Å². The number of aromatic amines is 1. The SMILES string of the molecule is Cc1c(C(=O)NCc2ccc3c(c2)OCO3)cnn1-c1cc(=O)[nH]cn1. The van der Waals surface area contributed by atoms with E-state index in [0.717, 1.165) is 5.56 Å². The normalized spacial score (nSPS) is 12.2. The van der Waals surface area contributed by atoms with Gasteiger partial charge in [0.1, 0.15) is 0 Å². The minimum Gasteiger partial charge on any atom is -0.454 e. The summed E-state index contributed by atoms with van der Waals surface area (Å²) < 4.78 is 12.0. The fourth-order valence-corrected chi connectivity index (χ4v) is 2.67. The van der Waals surface area contributed by atoms with Gasteiger partial charge in [-0.25, -0.2) is 9.67 Å². The van der Waals surface area contributed by atoms with E-state index in [-0.39, 0.29) is 18.3 Å². The van der Waals surface area contributed by atoms with Gasteiger partial charge in [0.15, 0.2) is 17.3 Å². The Morgan fingerprint density at radius 3 is 3.00 bits per heavy atom. The number of H-pyrrole nitrogens is 1. The molecule has 3 heterocycles. The van der Waals surface area contributed by atoms with Gasteiger partial charge < -0.3 is 19.8 Å². The molecule has 0 saturated carbocycles. The van der Waals surface area contributed by atoms with Crippen molar-refractivity contribution in [3.8, 4) is 17.3 Å². The summed E-state index contributed by atoms with van der Waals surface area (Å²) in [5, 5.41) is 7.00. The van der Waals surface area contributed by atoms with Gasteiger partial charge in [-0.1, -0.05) is 6.07 Å². The van der Waals surface area contributed by atoms with E-state index in [2.05, 4.69) is 20.4 Å². The molecule has 0 bridgehead atoms. The molecule has 9 nitrogen and oxygen atoms in total. The van der Waals surface area contributed by atoms with Crippen molar-refractivity contribution in [3.63, 3.8) is 0 Å². The number of hydrogen-bond acceptors (Lipinski definition) is 6. The molecule has 0 fully saturated rings. The van der Waals surface area contributed by atoms with Crippen LogP contribution in [0.25, 0.3) is 5.82 Å². The fraction of sp³-hybridized carbons (Fsp3) is 0.176. The van der Waals surface area contributed by atoms with E-state index < -0.39 is 0 Å². The van der Waals surface area contributed by atoms with Crippen LogP contribution in [-0.4, -0.2) is 32.4 Å². The Bertz CT molecular complexity index is 1040. The monoisotopic (exact) mass is 353 g/mol. The average molecular weight is 353 g/mol. The lowest BCUT2D eigenvalue weighted by Gasteiger charge is -2.07. The third-order valence-corrected chi connectivity index (χ3v) is 4.03. The zero-order valence-electron chi connectivity index (χ0n) is 13.9. The summed E-state index contributed by atoms with van der Waals surface area (Å²) in [6, 6.07) is 6.82. The quantitative estimate of drug-likeness (QED) is 0.722. The number of carbonyl (C=O) groups is 1. The van der Waals surface area contributed by atoms with Gasteiger partial charge in [0.05, 0.1) is 23.8 Å². The van der Waals surface area contributed by atoms with Crippen LogP contribution in [-0.2, 0) is 6.54 Å². The molecule has 26 heavy (non-hydrogen) atoms. The summed E-state index contributed by atoms with van der Waals surface area (Å²) in [4.78, 5) is 30.4. The summed E-state index contributed by atoms with van der Waals surface area (Å²) in [5.41, 5.74) is 1.60. The molecule has 0 saturated heterocycles. The number of rotatable bonds is 4. The third kappa shape index (κ3) is 2.90. The first-order chi connectivity index (χ1) is 12.6. The number of nitrogens with zero attached hydrogens (tertiary/aromatic N) is 3. The Labute approximate surface area is 147 Å². The standard InChI is InChI=1S/C17H15N5O4/c1-10-12(7-21-22(10)15-5-16(23)20-8-19-15)17(24)18-6-11-2-3-13-14(4-11)26-9-25-13/h2-5,7-8H,6,9H2,1H3,(H,18,24)(H,19,20,23). The number of nitrogens with one attached hydrogen (secondary N) is 2. The average Bonchev–Trinajstić information content (AvgIpc) is 3.25. The fourth-order valence-electron chi connectivity index (χ4n) is 2.67.